The second-order valence-corrected chi connectivity index (χ2v) is 12.9. The number of carbonyl (C=O) groups is 4. The molecule has 0 radical (unpaired) electrons. The lowest BCUT2D eigenvalue weighted by Crippen LogP contribution is -2.15. The smallest absolute Gasteiger partial charge is 0.303 e. The third-order valence-electron chi connectivity index (χ3n) is 9.56. The second-order valence-electron chi connectivity index (χ2n) is 12.9. The van der Waals surface area contributed by atoms with Gasteiger partial charge in [-0.15, -0.1) is 0 Å². The zero-order valence-corrected chi connectivity index (χ0v) is 29.0. The minimum absolute atomic E-state index is 0.0723. The zero-order chi connectivity index (χ0) is 35.0. The van der Waals surface area contributed by atoms with Gasteiger partial charge in [0.05, 0.1) is 0 Å². The van der Waals surface area contributed by atoms with Gasteiger partial charge in [0.2, 0.25) is 0 Å². The topological polar surface area (TPSA) is 164 Å². The molecule has 0 saturated carbocycles. The number of rotatable bonds is 18. The summed E-state index contributed by atoms with van der Waals surface area (Å²) in [5.41, 5.74) is 12.5. The Labute approximate surface area is 282 Å². The highest BCUT2D eigenvalue weighted by Crippen LogP contribution is 2.31. The van der Waals surface area contributed by atoms with Crippen LogP contribution in [0.4, 0.5) is 0 Å². The first-order chi connectivity index (χ1) is 22.9. The summed E-state index contributed by atoms with van der Waals surface area (Å²) in [6, 6.07) is 2.13. The number of allylic oxidation sites excluding steroid dienone is 2. The third-order valence-corrected chi connectivity index (χ3v) is 9.56. The monoisotopic (exact) mass is 658 g/mol. The van der Waals surface area contributed by atoms with Crippen molar-refractivity contribution >= 4 is 35.9 Å². The summed E-state index contributed by atoms with van der Waals surface area (Å²) in [5.74, 6) is -1.71. The number of carboxylic acids is 2. The van der Waals surface area contributed by atoms with Crippen molar-refractivity contribution in [3.05, 3.63) is 79.2 Å². The number of aromatic amines is 2. The van der Waals surface area contributed by atoms with Gasteiger partial charge >= 0.3 is 11.9 Å². The molecule has 258 valence electrons. The molecule has 10 nitrogen and oxygen atoms in total. The summed E-state index contributed by atoms with van der Waals surface area (Å²) < 4.78 is 0. The second kappa shape index (κ2) is 16.5. The molecule has 4 rings (SSSR count). The molecule has 10 heteroatoms. The summed E-state index contributed by atoms with van der Waals surface area (Å²) in [7, 11) is 0. The number of hydrogen-bond acceptors (Lipinski definition) is 4. The molecule has 0 bridgehead atoms. The van der Waals surface area contributed by atoms with Crippen molar-refractivity contribution in [2.24, 2.45) is 0 Å². The number of aliphatic carboxylic acids is 2. The van der Waals surface area contributed by atoms with Crippen LogP contribution < -0.4 is 10.6 Å². The van der Waals surface area contributed by atoms with Gasteiger partial charge in [-0.25, -0.2) is 0 Å². The molecule has 0 aromatic carbocycles. The maximum absolute atomic E-state index is 12.5. The molecule has 0 atom stereocenters. The van der Waals surface area contributed by atoms with Crippen molar-refractivity contribution in [3.8, 4) is 0 Å². The van der Waals surface area contributed by atoms with E-state index >= 15 is 0 Å². The van der Waals surface area contributed by atoms with E-state index in [1.54, 1.807) is 0 Å². The zero-order valence-electron chi connectivity index (χ0n) is 29.0. The SMILES string of the molecule is CCC1=C(C)C(=O)N/C1=C\c1[nH]c(Cc2[nH]c(/C=C3/NC(=O)C(C)=C3CC)cc2CCCCCC(=O)O)c(CCCCCC(=O)O)c1C. The van der Waals surface area contributed by atoms with Crippen LogP contribution in [0, 0.1) is 6.92 Å². The van der Waals surface area contributed by atoms with Gasteiger partial charge < -0.3 is 30.8 Å². The largest absolute Gasteiger partial charge is 0.481 e. The Balaban J connectivity index is 1.69. The van der Waals surface area contributed by atoms with Crippen LogP contribution in [-0.4, -0.2) is 43.9 Å². The summed E-state index contributed by atoms with van der Waals surface area (Å²) in [6.07, 6.45) is 12.6. The highest BCUT2D eigenvalue weighted by molar-refractivity contribution is 6.01. The highest BCUT2D eigenvalue weighted by atomic mass is 16.4. The van der Waals surface area contributed by atoms with Gasteiger partial charge in [-0.1, -0.05) is 26.7 Å². The van der Waals surface area contributed by atoms with Crippen molar-refractivity contribution in [2.75, 3.05) is 0 Å². The van der Waals surface area contributed by atoms with Gasteiger partial charge in [0.25, 0.3) is 11.8 Å². The molecule has 0 spiro atoms. The van der Waals surface area contributed by atoms with Gasteiger partial charge in [0, 0.05) is 64.6 Å². The van der Waals surface area contributed by atoms with E-state index in [1.807, 2.05) is 39.8 Å². The molecule has 2 aromatic heterocycles. The Morgan fingerprint density at radius 3 is 1.79 bits per heavy atom. The van der Waals surface area contributed by atoms with Crippen LogP contribution in [0.25, 0.3) is 12.2 Å². The van der Waals surface area contributed by atoms with Crippen molar-refractivity contribution in [1.82, 2.24) is 20.6 Å². The van der Waals surface area contributed by atoms with E-state index in [0.717, 1.165) is 119 Å². The predicted molar refractivity (Wildman–Crippen MR) is 187 cm³/mol. The number of H-pyrrole nitrogens is 2. The maximum atomic E-state index is 12.5. The number of nitrogens with one attached hydrogen (secondary N) is 4. The fraction of sp³-hybridized carbons (Fsp3) is 0.474. The molecule has 2 aliphatic rings. The van der Waals surface area contributed by atoms with Crippen LogP contribution in [0.3, 0.4) is 0 Å². The van der Waals surface area contributed by atoms with E-state index in [1.165, 1.54) is 5.56 Å². The minimum atomic E-state index is -0.780. The Morgan fingerprint density at radius 1 is 0.708 bits per heavy atom. The average Bonchev–Trinajstić information content (AvgIpc) is 3.71. The Kier molecular flexibility index (Phi) is 12.4. The van der Waals surface area contributed by atoms with Gasteiger partial charge in [-0.2, -0.15) is 0 Å². The van der Waals surface area contributed by atoms with E-state index in [4.69, 9.17) is 10.2 Å². The van der Waals surface area contributed by atoms with Gasteiger partial charge in [-0.05, 0) is 118 Å². The van der Waals surface area contributed by atoms with Crippen LogP contribution in [0.5, 0.6) is 0 Å². The average molecular weight is 659 g/mol. The first-order valence-corrected chi connectivity index (χ1v) is 17.2. The van der Waals surface area contributed by atoms with E-state index < -0.39 is 11.9 Å². The molecule has 0 aliphatic carbocycles. The van der Waals surface area contributed by atoms with Gasteiger partial charge in [0.15, 0.2) is 0 Å². The molecule has 4 heterocycles. The van der Waals surface area contributed by atoms with Crippen molar-refractivity contribution in [3.63, 3.8) is 0 Å². The summed E-state index contributed by atoms with van der Waals surface area (Å²) >= 11 is 0. The normalized spacial score (nSPS) is 16.5. The van der Waals surface area contributed by atoms with Crippen LogP contribution >= 0.6 is 0 Å². The molecular formula is C38H50N4O6. The molecule has 0 unspecified atom stereocenters. The van der Waals surface area contributed by atoms with Crippen molar-refractivity contribution in [1.29, 1.82) is 0 Å². The fourth-order valence-electron chi connectivity index (χ4n) is 6.80. The van der Waals surface area contributed by atoms with E-state index in [2.05, 4.69) is 33.6 Å². The molecule has 2 amide bonds. The fourth-order valence-corrected chi connectivity index (χ4v) is 6.80. The van der Waals surface area contributed by atoms with Gasteiger partial charge in [-0.3, -0.25) is 19.2 Å². The molecule has 2 aliphatic heterocycles. The molecule has 6 N–H and O–H groups in total. The van der Waals surface area contributed by atoms with Crippen LogP contribution in [0.1, 0.15) is 131 Å². The van der Waals surface area contributed by atoms with Crippen molar-refractivity contribution in [2.45, 2.75) is 118 Å². The third kappa shape index (κ3) is 8.85. The number of carboxylic acid groups (broad SMARTS) is 2. The van der Waals surface area contributed by atoms with Crippen LogP contribution in [0.2, 0.25) is 0 Å². The number of aromatic nitrogens is 2. The molecule has 48 heavy (non-hydrogen) atoms. The lowest BCUT2D eigenvalue weighted by Gasteiger charge is -2.08. The molecule has 2 aromatic rings. The van der Waals surface area contributed by atoms with E-state index in [0.29, 0.717) is 19.3 Å². The molecule has 0 saturated heterocycles. The first kappa shape index (κ1) is 36.2. The summed E-state index contributed by atoms with van der Waals surface area (Å²) in [5, 5.41) is 24.2. The van der Waals surface area contributed by atoms with Crippen molar-refractivity contribution < 1.29 is 29.4 Å². The van der Waals surface area contributed by atoms with Crippen LogP contribution in [0.15, 0.2) is 39.8 Å². The lowest BCUT2D eigenvalue weighted by molar-refractivity contribution is -0.138. The predicted octanol–water partition coefficient (Wildman–Crippen LogP) is 7.01. The Hall–Kier alpha value is -4.60. The molecule has 0 fully saturated rings. The van der Waals surface area contributed by atoms with E-state index in [9.17, 15) is 19.2 Å². The standard InChI is InChI=1S/C38H50N4O6/c1-6-27-23(4)37(47)41-32(27)19-26-18-25(14-10-8-12-16-35(43)44)31(39-26)21-34-29(15-11-9-13-17-36(45)46)22(3)30(40-34)20-33-28(7-2)24(5)38(48)42-33/h18-20,39-40H,6-17,21H2,1-5H3,(H,41,47)(H,42,48)(H,43,44)(H,45,46)/b32-19+,33-20-. The quantitative estimate of drug-likeness (QED) is 0.0943. The summed E-state index contributed by atoms with van der Waals surface area (Å²) in [6.45, 7) is 9.87. The van der Waals surface area contributed by atoms with Crippen LogP contribution in [-0.2, 0) is 38.4 Å². The summed E-state index contributed by atoms with van der Waals surface area (Å²) in [4.78, 5) is 54.3. The van der Waals surface area contributed by atoms with Gasteiger partial charge in [0.1, 0.15) is 0 Å². The Morgan fingerprint density at radius 2 is 1.25 bits per heavy atom. The minimum Gasteiger partial charge on any atom is -0.481 e. The number of amides is 2. The highest BCUT2D eigenvalue weighted by Gasteiger charge is 2.25. The van der Waals surface area contributed by atoms with E-state index in [-0.39, 0.29) is 24.7 Å². The number of unbranched alkanes of at least 4 members (excludes halogenated alkanes) is 4. The maximum Gasteiger partial charge on any atom is 0.303 e. The number of hydrogen-bond donors (Lipinski definition) is 6. The Bertz CT molecular complexity index is 1700. The number of carbonyl (C=O) groups excluding carboxylic acids is 2. The molecular weight excluding hydrogens is 608 g/mol. The number of aryl methyl sites for hydroxylation is 1. The first-order valence-electron chi connectivity index (χ1n) is 17.2. The lowest BCUT2D eigenvalue weighted by atomic mass is 9.98.